The molecule has 2 saturated carbocycles. The molecule has 3 rings (SSSR count). The minimum atomic E-state index is 0.396. The van der Waals surface area contributed by atoms with Crippen molar-refractivity contribution in [3.63, 3.8) is 0 Å². The van der Waals surface area contributed by atoms with E-state index < -0.39 is 0 Å². The molecule has 0 aromatic carbocycles. The first kappa shape index (κ1) is 10.4. The summed E-state index contributed by atoms with van der Waals surface area (Å²) in [6, 6.07) is 0. The Hall–Kier alpha value is -0.770. The molecule has 0 radical (unpaired) electrons. The highest BCUT2D eigenvalue weighted by atomic mass is 32.2. The van der Waals surface area contributed by atoms with E-state index in [4.69, 9.17) is 4.74 Å². The van der Waals surface area contributed by atoms with Crippen LogP contribution in [0.4, 0.5) is 0 Å². The predicted octanol–water partition coefficient (Wildman–Crippen LogP) is 3.01. The van der Waals surface area contributed by atoms with Gasteiger partial charge in [0.25, 0.3) is 0 Å². The average Bonchev–Trinajstić information content (AvgIpc) is 3.06. The minimum Gasteiger partial charge on any atom is -0.473 e. The van der Waals surface area contributed by atoms with Gasteiger partial charge in [-0.1, -0.05) is 0 Å². The lowest BCUT2D eigenvalue weighted by atomic mass is 9.96. The fourth-order valence-corrected chi connectivity index (χ4v) is 2.64. The molecule has 0 aliphatic heterocycles. The van der Waals surface area contributed by atoms with Gasteiger partial charge in [0, 0.05) is 5.92 Å². The summed E-state index contributed by atoms with van der Waals surface area (Å²) in [6.07, 6.45) is 10.3. The van der Waals surface area contributed by atoms with Gasteiger partial charge in [-0.25, -0.2) is 9.97 Å². The monoisotopic (exact) mass is 236 g/mol. The Kier molecular flexibility index (Phi) is 2.75. The van der Waals surface area contributed by atoms with Crippen LogP contribution in [0, 0.1) is 0 Å². The maximum atomic E-state index is 5.92. The van der Waals surface area contributed by atoms with Gasteiger partial charge in [-0.05, 0) is 38.4 Å². The second kappa shape index (κ2) is 4.24. The molecule has 0 amide bonds. The van der Waals surface area contributed by atoms with E-state index in [1.165, 1.54) is 37.8 Å². The number of hydrogen-bond donors (Lipinski definition) is 0. The third-order valence-electron chi connectivity index (χ3n) is 3.30. The van der Waals surface area contributed by atoms with Gasteiger partial charge in [-0.3, -0.25) is 0 Å². The van der Waals surface area contributed by atoms with Crippen LogP contribution in [0.1, 0.15) is 43.7 Å². The maximum Gasteiger partial charge on any atom is 0.231 e. The van der Waals surface area contributed by atoms with Crippen molar-refractivity contribution in [3.8, 4) is 5.88 Å². The van der Waals surface area contributed by atoms with E-state index >= 15 is 0 Å². The molecule has 1 heterocycles. The van der Waals surface area contributed by atoms with Crippen molar-refractivity contribution in [1.29, 1.82) is 0 Å². The fourth-order valence-electron chi connectivity index (χ4n) is 1.94. The number of aromatic nitrogens is 2. The van der Waals surface area contributed by atoms with Crippen molar-refractivity contribution in [1.82, 2.24) is 9.97 Å². The van der Waals surface area contributed by atoms with Gasteiger partial charge < -0.3 is 4.74 Å². The Morgan fingerprint density at radius 2 is 2.06 bits per heavy atom. The molecule has 0 saturated heterocycles. The average molecular weight is 236 g/mol. The third-order valence-corrected chi connectivity index (χ3v) is 4.09. The summed E-state index contributed by atoms with van der Waals surface area (Å²) in [5, 5.41) is 0. The minimum absolute atomic E-state index is 0.396. The van der Waals surface area contributed by atoms with Crippen molar-refractivity contribution < 1.29 is 4.74 Å². The highest BCUT2D eigenvalue weighted by Crippen LogP contribution is 2.45. The van der Waals surface area contributed by atoms with Gasteiger partial charge >= 0.3 is 0 Å². The highest BCUT2D eigenvalue weighted by molar-refractivity contribution is 7.98. The lowest BCUT2D eigenvalue weighted by Gasteiger charge is -2.26. The molecule has 1 aromatic rings. The molecule has 1 aromatic heterocycles. The molecular weight excluding hydrogens is 220 g/mol. The summed E-state index contributed by atoms with van der Waals surface area (Å²) in [5.41, 5.74) is 1.21. The zero-order valence-corrected chi connectivity index (χ0v) is 10.3. The molecule has 2 aliphatic carbocycles. The quantitative estimate of drug-likeness (QED) is 0.753. The first-order chi connectivity index (χ1) is 7.88. The molecule has 2 aliphatic rings. The van der Waals surface area contributed by atoms with Gasteiger partial charge in [0.05, 0.1) is 10.6 Å². The van der Waals surface area contributed by atoms with Crippen molar-refractivity contribution >= 4 is 11.8 Å². The van der Waals surface area contributed by atoms with E-state index in [-0.39, 0.29) is 0 Å². The Labute approximate surface area is 100 Å². The summed E-state index contributed by atoms with van der Waals surface area (Å²) in [5.74, 6) is 1.48. The van der Waals surface area contributed by atoms with E-state index in [1.54, 1.807) is 18.1 Å². The summed E-state index contributed by atoms with van der Waals surface area (Å²) >= 11 is 1.72. The van der Waals surface area contributed by atoms with Crippen LogP contribution < -0.4 is 4.74 Å². The zero-order chi connectivity index (χ0) is 11.0. The molecule has 0 N–H and O–H groups in total. The van der Waals surface area contributed by atoms with Crippen molar-refractivity contribution in [2.45, 2.75) is 49.0 Å². The molecule has 0 bridgehead atoms. The summed E-state index contributed by atoms with van der Waals surface area (Å²) < 4.78 is 5.92. The number of nitrogens with zero attached hydrogens (tertiary/aromatic N) is 2. The van der Waals surface area contributed by atoms with Gasteiger partial charge in [0.2, 0.25) is 5.88 Å². The molecule has 16 heavy (non-hydrogen) atoms. The lowest BCUT2D eigenvalue weighted by Crippen LogP contribution is -2.25. The van der Waals surface area contributed by atoms with Crippen LogP contribution in [0.2, 0.25) is 0 Å². The van der Waals surface area contributed by atoms with Crippen LogP contribution in [-0.4, -0.2) is 22.3 Å². The predicted molar refractivity (Wildman–Crippen MR) is 64.1 cm³/mol. The Morgan fingerprint density at radius 3 is 2.62 bits per heavy atom. The van der Waals surface area contributed by atoms with Crippen LogP contribution in [0.25, 0.3) is 0 Å². The lowest BCUT2D eigenvalue weighted by molar-refractivity contribution is 0.110. The largest absolute Gasteiger partial charge is 0.473 e. The van der Waals surface area contributed by atoms with Crippen molar-refractivity contribution in [2.75, 3.05) is 6.26 Å². The van der Waals surface area contributed by atoms with Gasteiger partial charge in [0.1, 0.15) is 12.4 Å². The van der Waals surface area contributed by atoms with Crippen molar-refractivity contribution in [2.24, 2.45) is 0 Å². The van der Waals surface area contributed by atoms with E-state index in [1.807, 2.05) is 0 Å². The normalized spacial score (nSPS) is 20.6. The van der Waals surface area contributed by atoms with Gasteiger partial charge in [-0.15, -0.1) is 11.8 Å². The molecular formula is C12H16N2OS. The standard InChI is InChI=1S/C12H16N2OS/c1-16-11-10(8-5-6-8)13-7-14-12(11)15-9-3-2-4-9/h7-9H,2-6H2,1H3. The topological polar surface area (TPSA) is 35.0 Å². The maximum absolute atomic E-state index is 5.92. The summed E-state index contributed by atoms with van der Waals surface area (Å²) in [6.45, 7) is 0. The molecule has 0 unspecified atom stereocenters. The highest BCUT2D eigenvalue weighted by Gasteiger charge is 2.30. The number of rotatable bonds is 4. The van der Waals surface area contributed by atoms with Crippen LogP contribution in [0.3, 0.4) is 0 Å². The van der Waals surface area contributed by atoms with Crippen LogP contribution in [0.15, 0.2) is 11.2 Å². The first-order valence-corrected chi connectivity index (χ1v) is 7.16. The Bertz CT molecular complexity index is 389. The number of ether oxygens (including phenoxy) is 1. The number of thioether (sulfide) groups is 1. The molecule has 0 spiro atoms. The second-order valence-electron chi connectivity index (χ2n) is 4.54. The molecule has 4 heteroatoms. The van der Waals surface area contributed by atoms with Crippen LogP contribution in [-0.2, 0) is 0 Å². The zero-order valence-electron chi connectivity index (χ0n) is 9.48. The number of hydrogen-bond acceptors (Lipinski definition) is 4. The Balaban J connectivity index is 1.86. The van der Waals surface area contributed by atoms with E-state index in [2.05, 4.69) is 16.2 Å². The van der Waals surface area contributed by atoms with Crippen molar-refractivity contribution in [3.05, 3.63) is 12.0 Å². The molecule has 2 fully saturated rings. The Morgan fingerprint density at radius 1 is 1.25 bits per heavy atom. The summed E-state index contributed by atoms with van der Waals surface area (Å²) in [4.78, 5) is 9.86. The third kappa shape index (κ3) is 1.90. The fraction of sp³-hybridized carbons (Fsp3) is 0.667. The summed E-state index contributed by atoms with van der Waals surface area (Å²) in [7, 11) is 0. The second-order valence-corrected chi connectivity index (χ2v) is 5.36. The van der Waals surface area contributed by atoms with Crippen LogP contribution in [0.5, 0.6) is 5.88 Å². The smallest absolute Gasteiger partial charge is 0.231 e. The first-order valence-electron chi connectivity index (χ1n) is 5.94. The SMILES string of the molecule is CSc1c(OC2CCC2)ncnc1C1CC1. The molecule has 3 nitrogen and oxygen atoms in total. The molecule has 86 valence electrons. The van der Waals surface area contributed by atoms with E-state index in [9.17, 15) is 0 Å². The van der Waals surface area contributed by atoms with Gasteiger partial charge in [-0.2, -0.15) is 0 Å². The van der Waals surface area contributed by atoms with Gasteiger partial charge in [0.15, 0.2) is 0 Å². The van der Waals surface area contributed by atoms with E-state index in [0.717, 1.165) is 10.8 Å². The van der Waals surface area contributed by atoms with Crippen LogP contribution >= 0.6 is 11.8 Å². The molecule has 0 atom stereocenters. The van der Waals surface area contributed by atoms with E-state index in [0.29, 0.717) is 12.0 Å².